The third-order valence-electron chi connectivity index (χ3n) is 5.46. The zero-order valence-corrected chi connectivity index (χ0v) is 14.4. The number of nitrogens with zero attached hydrogens (tertiary/aromatic N) is 2. The second kappa shape index (κ2) is 7.40. The molecule has 2 fully saturated rings. The molecule has 2 rings (SSSR count). The van der Waals surface area contributed by atoms with E-state index in [0.29, 0.717) is 12.1 Å². The highest BCUT2D eigenvalue weighted by Gasteiger charge is 2.39. The van der Waals surface area contributed by atoms with Crippen molar-refractivity contribution in [2.45, 2.75) is 76.0 Å². The van der Waals surface area contributed by atoms with Crippen molar-refractivity contribution >= 4 is 0 Å². The van der Waals surface area contributed by atoms with E-state index in [4.69, 9.17) is 0 Å². The van der Waals surface area contributed by atoms with Crippen molar-refractivity contribution in [2.75, 3.05) is 33.8 Å². The molecule has 0 spiro atoms. The molecule has 0 aromatic carbocycles. The smallest absolute Gasteiger partial charge is 0.0613 e. The van der Waals surface area contributed by atoms with Crippen LogP contribution in [0.2, 0.25) is 0 Å². The lowest BCUT2D eigenvalue weighted by atomic mass is 9.78. The van der Waals surface area contributed by atoms with Crippen molar-refractivity contribution in [3.63, 3.8) is 0 Å². The lowest BCUT2D eigenvalue weighted by Crippen LogP contribution is -2.58. The minimum atomic E-state index is -0.0462. The first-order chi connectivity index (χ1) is 9.96. The average Bonchev–Trinajstić information content (AvgIpc) is 2.47. The molecule has 2 aliphatic rings. The molecule has 2 unspecified atom stereocenters. The van der Waals surface area contributed by atoms with Gasteiger partial charge >= 0.3 is 0 Å². The molecule has 124 valence electrons. The molecule has 0 aromatic heterocycles. The van der Waals surface area contributed by atoms with Crippen molar-refractivity contribution in [3.8, 4) is 0 Å². The Kier molecular flexibility index (Phi) is 6.06. The maximum atomic E-state index is 9.93. The highest BCUT2D eigenvalue weighted by atomic mass is 16.3. The molecular weight excluding hydrogens is 262 g/mol. The van der Waals surface area contributed by atoms with Gasteiger partial charge in [0.2, 0.25) is 0 Å². The van der Waals surface area contributed by atoms with Crippen LogP contribution in [0.15, 0.2) is 0 Å². The molecule has 0 radical (unpaired) electrons. The molecule has 0 bridgehead atoms. The lowest BCUT2D eigenvalue weighted by molar-refractivity contribution is 0.0343. The van der Waals surface area contributed by atoms with E-state index >= 15 is 0 Å². The fourth-order valence-corrected chi connectivity index (χ4v) is 4.34. The van der Waals surface area contributed by atoms with Gasteiger partial charge in [-0.2, -0.15) is 0 Å². The van der Waals surface area contributed by atoms with Gasteiger partial charge in [-0.1, -0.05) is 13.8 Å². The second-order valence-electron chi connectivity index (χ2n) is 7.72. The summed E-state index contributed by atoms with van der Waals surface area (Å²) in [5.74, 6) is 0. The predicted molar refractivity (Wildman–Crippen MR) is 88.6 cm³/mol. The van der Waals surface area contributed by atoms with Crippen LogP contribution in [0.5, 0.6) is 0 Å². The largest absolute Gasteiger partial charge is 0.394 e. The Morgan fingerprint density at radius 1 is 1.24 bits per heavy atom. The molecule has 1 aliphatic heterocycles. The Morgan fingerprint density at radius 3 is 2.43 bits per heavy atom. The maximum Gasteiger partial charge on any atom is 0.0613 e. The Labute approximate surface area is 130 Å². The number of aliphatic hydroxyl groups excluding tert-OH is 1. The predicted octanol–water partition coefficient (Wildman–Crippen LogP) is 1.68. The molecule has 4 heteroatoms. The molecule has 2 N–H and O–H groups in total. The Bertz CT molecular complexity index is 313. The fourth-order valence-electron chi connectivity index (χ4n) is 4.34. The zero-order valence-electron chi connectivity index (χ0n) is 14.4. The minimum Gasteiger partial charge on any atom is -0.394 e. The topological polar surface area (TPSA) is 38.7 Å². The molecule has 1 saturated heterocycles. The summed E-state index contributed by atoms with van der Waals surface area (Å²) in [4.78, 5) is 5.06. The number of piperidine rings is 1. The first kappa shape index (κ1) is 17.2. The van der Waals surface area contributed by atoms with Crippen molar-refractivity contribution in [2.24, 2.45) is 0 Å². The third-order valence-corrected chi connectivity index (χ3v) is 5.46. The summed E-state index contributed by atoms with van der Waals surface area (Å²) in [6.07, 6.45) is 7.33. The molecule has 1 aliphatic carbocycles. The van der Waals surface area contributed by atoms with Gasteiger partial charge in [0.25, 0.3) is 0 Å². The number of aliphatic hydroxyl groups is 1. The van der Waals surface area contributed by atoms with Gasteiger partial charge in [0.05, 0.1) is 6.61 Å². The van der Waals surface area contributed by atoms with E-state index in [2.05, 4.69) is 43.1 Å². The van der Waals surface area contributed by atoms with Gasteiger partial charge in [-0.25, -0.2) is 0 Å². The van der Waals surface area contributed by atoms with E-state index in [1.54, 1.807) is 0 Å². The van der Waals surface area contributed by atoms with Crippen LogP contribution in [0, 0.1) is 0 Å². The second-order valence-corrected chi connectivity index (χ2v) is 7.72. The van der Waals surface area contributed by atoms with Crippen molar-refractivity contribution in [1.82, 2.24) is 15.1 Å². The Balaban J connectivity index is 1.92. The van der Waals surface area contributed by atoms with E-state index in [1.165, 1.54) is 38.8 Å². The fraction of sp³-hybridized carbons (Fsp3) is 1.00. The van der Waals surface area contributed by atoms with Gasteiger partial charge in [0.1, 0.15) is 0 Å². The maximum absolute atomic E-state index is 9.93. The van der Waals surface area contributed by atoms with E-state index in [1.807, 2.05) is 0 Å². The lowest BCUT2D eigenvalue weighted by Gasteiger charge is -2.47. The molecular formula is C17H35N3O. The summed E-state index contributed by atoms with van der Waals surface area (Å²) >= 11 is 0. The Hall–Kier alpha value is -0.160. The normalized spacial score (nSPS) is 33.0. The first-order valence-corrected chi connectivity index (χ1v) is 8.75. The molecule has 21 heavy (non-hydrogen) atoms. The molecule has 0 amide bonds. The van der Waals surface area contributed by atoms with Crippen LogP contribution < -0.4 is 5.32 Å². The number of rotatable bonds is 5. The van der Waals surface area contributed by atoms with Gasteiger partial charge in [-0.05, 0) is 65.7 Å². The van der Waals surface area contributed by atoms with E-state index in [-0.39, 0.29) is 12.1 Å². The number of likely N-dealkylation sites (tertiary alicyclic amines) is 1. The third kappa shape index (κ3) is 4.41. The van der Waals surface area contributed by atoms with Gasteiger partial charge < -0.3 is 20.2 Å². The van der Waals surface area contributed by atoms with Crippen LogP contribution in [0.4, 0.5) is 0 Å². The average molecular weight is 297 g/mol. The summed E-state index contributed by atoms with van der Waals surface area (Å²) < 4.78 is 0. The summed E-state index contributed by atoms with van der Waals surface area (Å²) in [7, 11) is 4.40. The molecule has 1 heterocycles. The SMILES string of the molecule is CC(C)NC1(CO)CCCC(N2CCC(N(C)C)CC2)C1. The quantitative estimate of drug-likeness (QED) is 0.810. The molecule has 4 nitrogen and oxygen atoms in total. The van der Waals surface area contributed by atoms with Crippen LogP contribution >= 0.6 is 0 Å². The standard InChI is InChI=1S/C17H35N3O/c1-14(2)18-17(13-21)9-5-6-16(12-17)20-10-7-15(8-11-20)19(3)4/h14-16,18,21H,5-13H2,1-4H3. The molecule has 2 atom stereocenters. The van der Waals surface area contributed by atoms with Gasteiger partial charge in [-0.3, -0.25) is 0 Å². The van der Waals surface area contributed by atoms with Gasteiger partial charge in [0.15, 0.2) is 0 Å². The van der Waals surface area contributed by atoms with Crippen LogP contribution in [0.3, 0.4) is 0 Å². The monoisotopic (exact) mass is 297 g/mol. The van der Waals surface area contributed by atoms with E-state index in [0.717, 1.165) is 18.9 Å². The zero-order chi connectivity index (χ0) is 15.5. The molecule has 1 saturated carbocycles. The van der Waals surface area contributed by atoms with Gasteiger partial charge in [0, 0.05) is 23.7 Å². The van der Waals surface area contributed by atoms with Crippen LogP contribution in [0.1, 0.15) is 52.4 Å². The van der Waals surface area contributed by atoms with E-state index in [9.17, 15) is 5.11 Å². The van der Waals surface area contributed by atoms with Crippen molar-refractivity contribution in [1.29, 1.82) is 0 Å². The highest BCUT2D eigenvalue weighted by Crippen LogP contribution is 2.33. The van der Waals surface area contributed by atoms with Crippen LogP contribution in [-0.4, -0.2) is 72.4 Å². The summed E-state index contributed by atoms with van der Waals surface area (Å²) in [6, 6.07) is 1.84. The summed E-state index contributed by atoms with van der Waals surface area (Å²) in [6.45, 7) is 7.08. The minimum absolute atomic E-state index is 0.0462. The van der Waals surface area contributed by atoms with Crippen molar-refractivity contribution < 1.29 is 5.11 Å². The number of nitrogens with one attached hydrogen (secondary N) is 1. The van der Waals surface area contributed by atoms with Crippen LogP contribution in [0.25, 0.3) is 0 Å². The first-order valence-electron chi connectivity index (χ1n) is 8.75. The summed E-state index contributed by atoms with van der Waals surface area (Å²) in [5, 5.41) is 13.6. The number of hydrogen-bond acceptors (Lipinski definition) is 4. The highest BCUT2D eigenvalue weighted by molar-refractivity contribution is 4.98. The number of hydrogen-bond donors (Lipinski definition) is 2. The van der Waals surface area contributed by atoms with Crippen molar-refractivity contribution in [3.05, 3.63) is 0 Å². The summed E-state index contributed by atoms with van der Waals surface area (Å²) in [5.41, 5.74) is -0.0462. The van der Waals surface area contributed by atoms with E-state index < -0.39 is 0 Å². The van der Waals surface area contributed by atoms with Gasteiger partial charge in [-0.15, -0.1) is 0 Å². The Morgan fingerprint density at radius 2 is 1.90 bits per heavy atom. The van der Waals surface area contributed by atoms with Crippen LogP contribution in [-0.2, 0) is 0 Å². The molecule has 0 aromatic rings.